The van der Waals surface area contributed by atoms with Gasteiger partial charge >= 0.3 is 0 Å². The highest BCUT2D eigenvalue weighted by atomic mass is 32.2. The number of thiophene rings is 1. The molecule has 0 saturated carbocycles. The van der Waals surface area contributed by atoms with Gasteiger partial charge in [0.1, 0.15) is 4.83 Å². The van der Waals surface area contributed by atoms with Gasteiger partial charge in [-0.3, -0.25) is 9.36 Å². The van der Waals surface area contributed by atoms with Crippen LogP contribution >= 0.6 is 23.1 Å². The van der Waals surface area contributed by atoms with Crippen molar-refractivity contribution >= 4 is 33.3 Å². The van der Waals surface area contributed by atoms with Crippen molar-refractivity contribution in [2.24, 2.45) is 0 Å². The Bertz CT molecular complexity index is 691. The second-order valence-corrected chi connectivity index (χ2v) is 7.13. The van der Waals surface area contributed by atoms with Crippen LogP contribution in [0.15, 0.2) is 9.95 Å². The van der Waals surface area contributed by atoms with E-state index in [0.29, 0.717) is 13.2 Å². The summed E-state index contributed by atoms with van der Waals surface area (Å²) in [5, 5.41) is 1.68. The van der Waals surface area contributed by atoms with Crippen LogP contribution in [0.3, 0.4) is 0 Å². The Morgan fingerprint density at radius 2 is 2.30 bits per heavy atom. The van der Waals surface area contributed by atoms with Gasteiger partial charge in [-0.2, -0.15) is 0 Å². The molecule has 4 nitrogen and oxygen atoms in total. The van der Waals surface area contributed by atoms with Crippen molar-refractivity contribution in [3.8, 4) is 0 Å². The number of aryl methyl sites for hydroxylation is 2. The average molecular weight is 310 g/mol. The maximum Gasteiger partial charge on any atom is 0.263 e. The van der Waals surface area contributed by atoms with Crippen molar-refractivity contribution in [3.63, 3.8) is 0 Å². The summed E-state index contributed by atoms with van der Waals surface area (Å²) in [5.41, 5.74) is 1.36. The van der Waals surface area contributed by atoms with Gasteiger partial charge in [0, 0.05) is 12.0 Å². The van der Waals surface area contributed by atoms with Crippen LogP contribution in [0, 0.1) is 0 Å². The minimum absolute atomic E-state index is 0.113. The lowest BCUT2D eigenvalue weighted by Gasteiger charge is -2.11. The molecule has 0 atom stereocenters. The van der Waals surface area contributed by atoms with Crippen LogP contribution in [0.2, 0.25) is 0 Å². The van der Waals surface area contributed by atoms with Crippen LogP contribution in [0.25, 0.3) is 10.2 Å². The van der Waals surface area contributed by atoms with E-state index in [4.69, 9.17) is 9.72 Å². The average Bonchev–Trinajstić information content (AvgIpc) is 2.98. The molecular weight excluding hydrogens is 292 g/mol. The fraction of sp³-hybridized carbons (Fsp3) is 0.571. The number of ether oxygens (including phenoxy) is 1. The van der Waals surface area contributed by atoms with E-state index in [1.165, 1.54) is 16.9 Å². The van der Waals surface area contributed by atoms with Crippen LogP contribution in [-0.4, -0.2) is 29.0 Å². The smallest absolute Gasteiger partial charge is 0.263 e. The van der Waals surface area contributed by atoms with Gasteiger partial charge in [0.05, 0.1) is 18.5 Å². The van der Waals surface area contributed by atoms with E-state index in [1.807, 2.05) is 0 Å². The van der Waals surface area contributed by atoms with E-state index in [1.54, 1.807) is 34.8 Å². The highest BCUT2D eigenvalue weighted by Crippen LogP contribution is 2.35. The second kappa shape index (κ2) is 5.87. The molecule has 1 aliphatic carbocycles. The third-order valence-electron chi connectivity index (χ3n) is 3.58. The zero-order valence-electron chi connectivity index (χ0n) is 11.8. The first-order valence-electron chi connectivity index (χ1n) is 6.93. The number of fused-ring (bicyclic) bond motifs is 3. The molecule has 2 aromatic heterocycles. The maximum absolute atomic E-state index is 12.8. The fourth-order valence-electron chi connectivity index (χ4n) is 2.68. The van der Waals surface area contributed by atoms with Gasteiger partial charge in [0.25, 0.3) is 5.56 Å². The summed E-state index contributed by atoms with van der Waals surface area (Å²) >= 11 is 3.33. The molecule has 6 heteroatoms. The van der Waals surface area contributed by atoms with Gasteiger partial charge in [-0.25, -0.2) is 4.98 Å². The van der Waals surface area contributed by atoms with Gasteiger partial charge in [-0.1, -0.05) is 18.7 Å². The van der Waals surface area contributed by atoms with Crippen molar-refractivity contribution in [1.29, 1.82) is 0 Å². The van der Waals surface area contributed by atoms with Crippen LogP contribution in [-0.2, 0) is 24.1 Å². The van der Waals surface area contributed by atoms with Crippen LogP contribution in [0.5, 0.6) is 0 Å². The molecule has 0 aliphatic heterocycles. The molecule has 0 bridgehead atoms. The molecule has 0 unspecified atom stereocenters. The van der Waals surface area contributed by atoms with Crippen molar-refractivity contribution < 1.29 is 4.74 Å². The Kier molecular flexibility index (Phi) is 4.14. The molecule has 0 radical (unpaired) electrons. The van der Waals surface area contributed by atoms with Gasteiger partial charge in [-0.15, -0.1) is 11.3 Å². The first-order chi connectivity index (χ1) is 9.76. The molecule has 2 aromatic rings. The highest BCUT2D eigenvalue weighted by molar-refractivity contribution is 7.99. The summed E-state index contributed by atoms with van der Waals surface area (Å²) in [6.07, 6.45) is 3.29. The highest BCUT2D eigenvalue weighted by Gasteiger charge is 2.23. The summed E-state index contributed by atoms with van der Waals surface area (Å²) in [6.45, 7) is 3.19. The SMILES string of the molecule is CCSc1nc2sc3c(c2c(=O)n1CCOC)CCC3. The molecule has 0 fully saturated rings. The molecule has 1 aliphatic rings. The fourth-order valence-corrected chi connectivity index (χ4v) is 4.73. The Morgan fingerprint density at radius 3 is 3.05 bits per heavy atom. The number of hydrogen-bond acceptors (Lipinski definition) is 5. The normalized spacial score (nSPS) is 14.1. The summed E-state index contributed by atoms with van der Waals surface area (Å²) in [5.74, 6) is 0.913. The monoisotopic (exact) mass is 310 g/mol. The van der Waals surface area contributed by atoms with Crippen LogP contribution < -0.4 is 5.56 Å². The van der Waals surface area contributed by atoms with Gasteiger partial charge < -0.3 is 4.74 Å². The lowest BCUT2D eigenvalue weighted by Crippen LogP contribution is -2.25. The number of nitrogens with zero attached hydrogens (tertiary/aromatic N) is 2. The Balaban J connectivity index is 2.19. The zero-order valence-corrected chi connectivity index (χ0v) is 13.4. The van der Waals surface area contributed by atoms with Gasteiger partial charge in [0.2, 0.25) is 0 Å². The topological polar surface area (TPSA) is 44.1 Å². The van der Waals surface area contributed by atoms with E-state index in [0.717, 1.165) is 34.0 Å². The van der Waals surface area contributed by atoms with Crippen molar-refractivity contribution in [3.05, 3.63) is 20.8 Å². The van der Waals surface area contributed by atoms with E-state index in [2.05, 4.69) is 6.92 Å². The molecule has 3 rings (SSSR count). The van der Waals surface area contributed by atoms with Crippen LogP contribution in [0.4, 0.5) is 0 Å². The minimum Gasteiger partial charge on any atom is -0.383 e. The van der Waals surface area contributed by atoms with Gasteiger partial charge in [-0.05, 0) is 30.6 Å². The predicted octanol–water partition coefficient (Wildman–Crippen LogP) is 2.71. The number of hydrogen-bond donors (Lipinski definition) is 0. The van der Waals surface area contributed by atoms with E-state index in [-0.39, 0.29) is 5.56 Å². The number of aromatic nitrogens is 2. The number of thioether (sulfide) groups is 1. The molecule has 0 saturated heterocycles. The lowest BCUT2D eigenvalue weighted by molar-refractivity contribution is 0.183. The molecule has 20 heavy (non-hydrogen) atoms. The largest absolute Gasteiger partial charge is 0.383 e. The molecule has 108 valence electrons. The predicted molar refractivity (Wildman–Crippen MR) is 84.2 cm³/mol. The Hall–Kier alpha value is -0.850. The number of methoxy groups -OCH3 is 1. The van der Waals surface area contributed by atoms with E-state index in [9.17, 15) is 4.79 Å². The summed E-state index contributed by atoms with van der Waals surface area (Å²) in [6, 6.07) is 0. The van der Waals surface area contributed by atoms with E-state index < -0.39 is 0 Å². The molecule has 2 heterocycles. The molecular formula is C14H18N2O2S2. The van der Waals surface area contributed by atoms with Crippen LogP contribution in [0.1, 0.15) is 23.8 Å². The van der Waals surface area contributed by atoms with Crippen molar-refractivity contribution in [2.45, 2.75) is 37.9 Å². The minimum atomic E-state index is 0.113. The first kappa shape index (κ1) is 14.1. The second-order valence-electron chi connectivity index (χ2n) is 4.81. The third kappa shape index (κ3) is 2.29. The maximum atomic E-state index is 12.8. The number of rotatable bonds is 5. The molecule has 0 spiro atoms. The van der Waals surface area contributed by atoms with Crippen molar-refractivity contribution in [1.82, 2.24) is 9.55 Å². The van der Waals surface area contributed by atoms with Crippen molar-refractivity contribution in [2.75, 3.05) is 19.5 Å². The summed E-state index contributed by atoms with van der Waals surface area (Å²) < 4.78 is 6.91. The Morgan fingerprint density at radius 1 is 1.45 bits per heavy atom. The molecule has 0 aromatic carbocycles. The zero-order chi connectivity index (χ0) is 14.1. The quantitative estimate of drug-likeness (QED) is 0.629. The van der Waals surface area contributed by atoms with E-state index >= 15 is 0 Å². The standard InChI is InChI=1S/C14H18N2O2S2/c1-3-19-14-15-12-11(9-5-4-6-10(9)20-12)13(17)16(14)7-8-18-2/h3-8H2,1-2H3. The van der Waals surface area contributed by atoms with Gasteiger partial charge in [0.15, 0.2) is 5.16 Å². The first-order valence-corrected chi connectivity index (χ1v) is 8.73. The summed E-state index contributed by atoms with van der Waals surface area (Å²) in [7, 11) is 1.66. The Labute approximate surface area is 126 Å². The summed E-state index contributed by atoms with van der Waals surface area (Å²) in [4.78, 5) is 19.8. The molecule has 0 N–H and O–H groups in total. The molecule has 0 amide bonds. The third-order valence-corrected chi connectivity index (χ3v) is 5.63. The lowest BCUT2D eigenvalue weighted by atomic mass is 10.2.